The zero-order valence-corrected chi connectivity index (χ0v) is 10.5. The third kappa shape index (κ3) is 2.68. The van der Waals surface area contributed by atoms with Crippen LogP contribution in [0.5, 0.6) is 11.6 Å². The Morgan fingerprint density at radius 3 is 2.71 bits per heavy atom. The first-order valence-electron chi connectivity index (χ1n) is 5.23. The second kappa shape index (κ2) is 4.63. The number of pyridine rings is 1. The first-order chi connectivity index (χ1) is 8.06. The van der Waals surface area contributed by atoms with Crippen molar-refractivity contribution in [1.82, 2.24) is 4.98 Å². The van der Waals surface area contributed by atoms with Crippen molar-refractivity contribution in [3.8, 4) is 11.6 Å². The molecule has 3 nitrogen and oxygen atoms in total. The second-order valence-corrected chi connectivity index (χ2v) is 4.30. The number of anilines is 1. The molecule has 2 aromatic rings. The summed E-state index contributed by atoms with van der Waals surface area (Å²) >= 11 is 5.92. The van der Waals surface area contributed by atoms with E-state index in [0.717, 1.165) is 11.3 Å². The molecule has 0 amide bonds. The van der Waals surface area contributed by atoms with E-state index in [-0.39, 0.29) is 0 Å². The first kappa shape index (κ1) is 11.7. The summed E-state index contributed by atoms with van der Waals surface area (Å²) in [5, 5.41) is 0.622. The van der Waals surface area contributed by atoms with Crippen molar-refractivity contribution in [2.45, 2.75) is 13.8 Å². The minimum Gasteiger partial charge on any atom is -0.437 e. The van der Waals surface area contributed by atoms with Gasteiger partial charge in [-0.2, -0.15) is 0 Å². The molecule has 0 radical (unpaired) electrons. The number of halogens is 1. The Hall–Kier alpha value is -1.74. The molecule has 0 saturated heterocycles. The predicted molar refractivity (Wildman–Crippen MR) is 69.6 cm³/mol. The molecule has 4 heteroatoms. The minimum absolute atomic E-state index is 0.412. The van der Waals surface area contributed by atoms with Gasteiger partial charge in [-0.25, -0.2) is 4.98 Å². The molecule has 0 atom stereocenters. The lowest BCUT2D eigenvalue weighted by molar-refractivity contribution is 0.461. The van der Waals surface area contributed by atoms with E-state index in [1.54, 1.807) is 12.1 Å². The Kier molecular flexibility index (Phi) is 3.20. The molecule has 2 N–H and O–H groups in total. The van der Waals surface area contributed by atoms with Gasteiger partial charge in [-0.15, -0.1) is 0 Å². The standard InChI is InChI=1S/C13H13ClN2O/c1-8-3-5-10(14)7-12(8)17-13-11(15)6-4-9(2)16-13/h3-7H,15H2,1-2H3. The molecule has 0 spiro atoms. The molecule has 1 aromatic carbocycles. The molecule has 0 saturated carbocycles. The van der Waals surface area contributed by atoms with Crippen molar-refractivity contribution in [2.75, 3.05) is 5.73 Å². The van der Waals surface area contributed by atoms with Crippen LogP contribution in [0.3, 0.4) is 0 Å². The quantitative estimate of drug-likeness (QED) is 0.881. The molecule has 1 aromatic heterocycles. The first-order valence-corrected chi connectivity index (χ1v) is 5.61. The summed E-state index contributed by atoms with van der Waals surface area (Å²) in [4.78, 5) is 4.25. The maximum absolute atomic E-state index is 5.92. The van der Waals surface area contributed by atoms with Gasteiger partial charge in [0.2, 0.25) is 5.88 Å². The molecule has 2 rings (SSSR count). The van der Waals surface area contributed by atoms with Crippen molar-refractivity contribution < 1.29 is 4.74 Å². The highest BCUT2D eigenvalue weighted by Gasteiger charge is 2.07. The molecule has 0 unspecified atom stereocenters. The number of hydrogen-bond donors (Lipinski definition) is 1. The minimum atomic E-state index is 0.412. The Labute approximate surface area is 105 Å². The van der Waals surface area contributed by atoms with E-state index in [2.05, 4.69) is 4.98 Å². The second-order valence-electron chi connectivity index (χ2n) is 3.86. The topological polar surface area (TPSA) is 48.1 Å². The zero-order valence-electron chi connectivity index (χ0n) is 9.70. The molecule has 1 heterocycles. The van der Waals surface area contributed by atoms with E-state index < -0.39 is 0 Å². The summed E-state index contributed by atoms with van der Waals surface area (Å²) in [6.07, 6.45) is 0. The van der Waals surface area contributed by atoms with Crippen LogP contribution in [0, 0.1) is 13.8 Å². The normalized spacial score (nSPS) is 10.3. The Bertz CT molecular complexity index is 506. The molecule has 0 bridgehead atoms. The van der Waals surface area contributed by atoms with Crippen LogP contribution in [-0.2, 0) is 0 Å². The summed E-state index contributed by atoms with van der Waals surface area (Å²) in [7, 11) is 0. The smallest absolute Gasteiger partial charge is 0.242 e. The maximum atomic E-state index is 5.92. The SMILES string of the molecule is Cc1ccc(N)c(Oc2cc(Cl)ccc2C)n1. The molecular formula is C13H13ClN2O. The van der Waals surface area contributed by atoms with Crippen LogP contribution in [0.4, 0.5) is 5.69 Å². The van der Waals surface area contributed by atoms with Crippen molar-refractivity contribution in [2.24, 2.45) is 0 Å². The van der Waals surface area contributed by atoms with E-state index in [9.17, 15) is 0 Å². The monoisotopic (exact) mass is 248 g/mol. The number of nitrogens with zero attached hydrogens (tertiary/aromatic N) is 1. The lowest BCUT2D eigenvalue weighted by Gasteiger charge is -2.10. The van der Waals surface area contributed by atoms with Gasteiger partial charge in [-0.3, -0.25) is 0 Å². The number of nitrogen functional groups attached to an aromatic ring is 1. The summed E-state index contributed by atoms with van der Waals surface area (Å²) in [6.45, 7) is 3.83. The molecule has 0 aliphatic rings. The number of aromatic nitrogens is 1. The fourth-order valence-electron chi connectivity index (χ4n) is 1.41. The van der Waals surface area contributed by atoms with Gasteiger partial charge >= 0.3 is 0 Å². The van der Waals surface area contributed by atoms with Gasteiger partial charge in [-0.05, 0) is 43.7 Å². The largest absolute Gasteiger partial charge is 0.437 e. The van der Waals surface area contributed by atoms with E-state index in [1.807, 2.05) is 32.0 Å². The van der Waals surface area contributed by atoms with Gasteiger partial charge in [0.05, 0.1) is 5.69 Å². The van der Waals surface area contributed by atoms with Crippen LogP contribution in [0.25, 0.3) is 0 Å². The summed E-state index contributed by atoms with van der Waals surface area (Å²) in [5.41, 5.74) is 8.15. The van der Waals surface area contributed by atoms with Crippen molar-refractivity contribution in [1.29, 1.82) is 0 Å². The van der Waals surface area contributed by atoms with Gasteiger partial charge in [0.15, 0.2) is 0 Å². The molecule has 88 valence electrons. The number of aryl methyl sites for hydroxylation is 2. The van der Waals surface area contributed by atoms with Gasteiger partial charge in [0.1, 0.15) is 5.75 Å². The predicted octanol–water partition coefficient (Wildman–Crippen LogP) is 3.73. The third-order valence-corrected chi connectivity index (χ3v) is 2.62. The summed E-state index contributed by atoms with van der Waals surface area (Å²) in [6, 6.07) is 9.07. The van der Waals surface area contributed by atoms with Crippen LogP contribution >= 0.6 is 11.6 Å². The number of rotatable bonds is 2. The average molecular weight is 249 g/mol. The van der Waals surface area contributed by atoms with E-state index in [4.69, 9.17) is 22.1 Å². The van der Waals surface area contributed by atoms with Crippen molar-refractivity contribution in [3.05, 3.63) is 46.6 Å². The number of benzene rings is 1. The van der Waals surface area contributed by atoms with E-state index in [0.29, 0.717) is 22.3 Å². The lowest BCUT2D eigenvalue weighted by atomic mass is 10.2. The van der Waals surface area contributed by atoms with Crippen LogP contribution in [0.15, 0.2) is 30.3 Å². The highest BCUT2D eigenvalue weighted by atomic mass is 35.5. The number of ether oxygens (including phenoxy) is 1. The average Bonchev–Trinajstić information content (AvgIpc) is 2.28. The third-order valence-electron chi connectivity index (χ3n) is 2.39. The Morgan fingerprint density at radius 2 is 1.94 bits per heavy atom. The van der Waals surface area contributed by atoms with Crippen LogP contribution in [0.1, 0.15) is 11.3 Å². The number of hydrogen-bond acceptors (Lipinski definition) is 3. The van der Waals surface area contributed by atoms with E-state index >= 15 is 0 Å². The van der Waals surface area contributed by atoms with Crippen molar-refractivity contribution in [3.63, 3.8) is 0 Å². The maximum Gasteiger partial charge on any atom is 0.242 e. The van der Waals surface area contributed by atoms with E-state index in [1.165, 1.54) is 0 Å². The van der Waals surface area contributed by atoms with Crippen LogP contribution in [0.2, 0.25) is 5.02 Å². The van der Waals surface area contributed by atoms with Crippen molar-refractivity contribution >= 4 is 17.3 Å². The molecule has 0 fully saturated rings. The summed E-state index contributed by atoms with van der Waals surface area (Å²) < 4.78 is 5.68. The van der Waals surface area contributed by atoms with Crippen LogP contribution < -0.4 is 10.5 Å². The Balaban J connectivity index is 2.37. The fraction of sp³-hybridized carbons (Fsp3) is 0.154. The van der Waals surface area contributed by atoms with Gasteiger partial charge in [0.25, 0.3) is 0 Å². The lowest BCUT2D eigenvalue weighted by Crippen LogP contribution is -1.97. The molecule has 17 heavy (non-hydrogen) atoms. The van der Waals surface area contributed by atoms with Gasteiger partial charge < -0.3 is 10.5 Å². The zero-order chi connectivity index (χ0) is 12.4. The molecule has 0 aliphatic heterocycles. The Morgan fingerprint density at radius 1 is 1.18 bits per heavy atom. The molecular weight excluding hydrogens is 236 g/mol. The fourth-order valence-corrected chi connectivity index (χ4v) is 1.58. The highest BCUT2D eigenvalue weighted by Crippen LogP contribution is 2.29. The van der Waals surface area contributed by atoms with Gasteiger partial charge in [0, 0.05) is 10.7 Å². The van der Waals surface area contributed by atoms with Gasteiger partial charge in [-0.1, -0.05) is 17.7 Å². The molecule has 0 aliphatic carbocycles. The number of nitrogens with two attached hydrogens (primary N) is 1. The summed E-state index contributed by atoms with van der Waals surface area (Å²) in [5.74, 6) is 1.08. The highest BCUT2D eigenvalue weighted by molar-refractivity contribution is 6.30. The van der Waals surface area contributed by atoms with Crippen LogP contribution in [-0.4, -0.2) is 4.98 Å².